The van der Waals surface area contributed by atoms with Crippen LogP contribution in [0.15, 0.2) is 53.4 Å². The van der Waals surface area contributed by atoms with Gasteiger partial charge >= 0.3 is 12.3 Å². The molecule has 2 aromatic rings. The van der Waals surface area contributed by atoms with Crippen molar-refractivity contribution in [3.05, 3.63) is 59.1 Å². The second-order valence-corrected chi connectivity index (χ2v) is 9.31. The number of alkyl halides is 3. The Morgan fingerprint density at radius 2 is 1.77 bits per heavy atom. The van der Waals surface area contributed by atoms with E-state index in [9.17, 15) is 26.4 Å². The number of nitrogens with one attached hydrogen (secondary N) is 1. The molecule has 7 nitrogen and oxygen atoms in total. The van der Waals surface area contributed by atoms with Gasteiger partial charge in [-0.2, -0.15) is 17.5 Å². The molecule has 0 aliphatic carbocycles. The van der Waals surface area contributed by atoms with E-state index in [1.807, 2.05) is 0 Å². The fourth-order valence-corrected chi connectivity index (χ4v) is 5.04. The molecule has 0 atom stereocenters. The molecule has 0 unspecified atom stereocenters. The molecule has 1 aliphatic rings. The number of anilines is 1. The molecule has 0 aromatic heterocycles. The molecular formula is C19H19ClF3N3O4S. The van der Waals surface area contributed by atoms with Gasteiger partial charge < -0.3 is 4.74 Å². The molecule has 1 amide bonds. The summed E-state index contributed by atoms with van der Waals surface area (Å²) in [4.78, 5) is 12.1. The van der Waals surface area contributed by atoms with E-state index in [0.717, 1.165) is 18.2 Å². The van der Waals surface area contributed by atoms with Crippen molar-refractivity contribution >= 4 is 33.4 Å². The van der Waals surface area contributed by atoms with Crippen LogP contribution in [0.3, 0.4) is 0 Å². The Morgan fingerprint density at radius 3 is 2.39 bits per heavy atom. The van der Waals surface area contributed by atoms with Crippen LogP contribution in [-0.4, -0.2) is 37.6 Å². The lowest BCUT2D eigenvalue weighted by molar-refractivity contribution is -0.137. The maximum Gasteiger partial charge on any atom is 0.416 e. The van der Waals surface area contributed by atoms with Gasteiger partial charge in [-0.1, -0.05) is 29.8 Å². The number of nitrogens with zero attached hydrogens (tertiary/aromatic N) is 1. The minimum Gasteiger partial charge on any atom is -0.428 e. The van der Waals surface area contributed by atoms with Crippen molar-refractivity contribution in [3.8, 4) is 0 Å². The zero-order valence-corrected chi connectivity index (χ0v) is 17.6. The minimum atomic E-state index is -4.56. The molecule has 2 aromatic carbocycles. The van der Waals surface area contributed by atoms with Gasteiger partial charge in [-0.05, 0) is 30.3 Å². The van der Waals surface area contributed by atoms with Crippen molar-refractivity contribution in [1.82, 2.24) is 4.31 Å². The number of carbonyl (C=O) groups excluding carboxylic acids is 1. The van der Waals surface area contributed by atoms with Crippen molar-refractivity contribution in [1.29, 1.82) is 0 Å². The van der Waals surface area contributed by atoms with Crippen LogP contribution >= 0.6 is 11.6 Å². The van der Waals surface area contributed by atoms with Crippen LogP contribution < -0.4 is 11.1 Å². The molecular weight excluding hydrogens is 459 g/mol. The van der Waals surface area contributed by atoms with Crippen LogP contribution in [0.4, 0.5) is 23.7 Å². The maximum absolute atomic E-state index is 12.8. The van der Waals surface area contributed by atoms with Crippen molar-refractivity contribution in [2.75, 3.05) is 18.4 Å². The number of piperidine rings is 1. The molecule has 0 radical (unpaired) electrons. The Labute approximate surface area is 182 Å². The number of ether oxygens (including phenoxy) is 1. The van der Waals surface area contributed by atoms with E-state index in [4.69, 9.17) is 22.1 Å². The monoisotopic (exact) mass is 477 g/mol. The largest absolute Gasteiger partial charge is 0.428 e. The molecule has 3 rings (SSSR count). The normalized spacial score (nSPS) is 17.2. The Bertz CT molecular complexity index is 1070. The van der Waals surface area contributed by atoms with E-state index in [-0.39, 0.29) is 41.5 Å². The first-order chi connectivity index (χ1) is 14.4. The van der Waals surface area contributed by atoms with Crippen LogP contribution in [0, 0.1) is 0 Å². The molecule has 168 valence electrons. The molecule has 1 aliphatic heterocycles. The molecule has 3 N–H and O–H groups in total. The molecule has 0 spiro atoms. The third kappa shape index (κ3) is 5.48. The molecule has 1 fully saturated rings. The predicted molar refractivity (Wildman–Crippen MR) is 108 cm³/mol. The number of rotatable bonds is 4. The maximum atomic E-state index is 12.8. The highest BCUT2D eigenvalue weighted by Crippen LogP contribution is 2.32. The Hall–Kier alpha value is -2.34. The third-order valence-electron chi connectivity index (χ3n) is 4.76. The standard InChI is InChI=1S/C19H19ClF3N3O4S/c20-15-6-1-2-7-16(15)31(28,29)26-10-8-18(24,9-11-26)30-17(27)25-14-5-3-4-13(12-14)19(21,22)23/h1-7,12H,8-11,24H2,(H,25,27). The van der Waals surface area contributed by atoms with Crippen molar-refractivity contribution in [2.24, 2.45) is 5.73 Å². The number of amides is 1. The topological polar surface area (TPSA) is 102 Å². The summed E-state index contributed by atoms with van der Waals surface area (Å²) >= 11 is 5.99. The number of carbonyl (C=O) groups is 1. The van der Waals surface area contributed by atoms with E-state index in [1.165, 1.54) is 22.5 Å². The summed E-state index contributed by atoms with van der Waals surface area (Å²) in [6.45, 7) is -0.0538. The van der Waals surface area contributed by atoms with Crippen molar-refractivity contribution in [2.45, 2.75) is 29.6 Å². The number of sulfonamides is 1. The highest BCUT2D eigenvalue weighted by atomic mass is 35.5. The average molecular weight is 478 g/mol. The first-order valence-corrected chi connectivity index (χ1v) is 10.9. The molecule has 0 saturated carbocycles. The summed E-state index contributed by atoms with van der Waals surface area (Å²) in [6.07, 6.45) is -5.61. The van der Waals surface area contributed by atoms with Crippen LogP contribution in [0.1, 0.15) is 18.4 Å². The van der Waals surface area contributed by atoms with Crippen LogP contribution in [0.25, 0.3) is 0 Å². The number of hydrogen-bond acceptors (Lipinski definition) is 5. The lowest BCUT2D eigenvalue weighted by Gasteiger charge is -2.37. The van der Waals surface area contributed by atoms with Gasteiger partial charge in [-0.3, -0.25) is 11.1 Å². The van der Waals surface area contributed by atoms with Gasteiger partial charge in [0.05, 0.1) is 10.6 Å². The second-order valence-electron chi connectivity index (χ2n) is 6.99. The molecule has 12 heteroatoms. The summed E-state index contributed by atoms with van der Waals surface area (Å²) in [5.74, 6) is 0. The van der Waals surface area contributed by atoms with Crippen LogP contribution in [-0.2, 0) is 20.9 Å². The van der Waals surface area contributed by atoms with Crippen LogP contribution in [0.5, 0.6) is 0 Å². The van der Waals surface area contributed by atoms with E-state index >= 15 is 0 Å². The minimum absolute atomic E-state index is 0.00725. The highest BCUT2D eigenvalue weighted by Gasteiger charge is 2.39. The number of hydrogen-bond donors (Lipinski definition) is 2. The Kier molecular flexibility index (Phi) is 6.51. The summed E-state index contributed by atoms with van der Waals surface area (Å²) in [5.41, 5.74) is 3.57. The van der Waals surface area contributed by atoms with Gasteiger partial charge in [-0.15, -0.1) is 0 Å². The summed E-state index contributed by atoms with van der Waals surface area (Å²) in [5, 5.41) is 2.30. The van der Waals surface area contributed by atoms with Gasteiger partial charge in [0.15, 0.2) is 5.72 Å². The SMILES string of the molecule is NC1(OC(=O)Nc2cccc(C(F)(F)F)c2)CCN(S(=O)(=O)c2ccccc2Cl)CC1. The smallest absolute Gasteiger partial charge is 0.416 e. The Morgan fingerprint density at radius 1 is 1.13 bits per heavy atom. The number of nitrogens with two attached hydrogens (primary N) is 1. The summed E-state index contributed by atoms with van der Waals surface area (Å²) in [7, 11) is -3.86. The molecule has 1 saturated heterocycles. The Balaban J connectivity index is 1.62. The van der Waals surface area contributed by atoms with E-state index in [2.05, 4.69) is 5.32 Å². The number of benzene rings is 2. The van der Waals surface area contributed by atoms with Crippen molar-refractivity contribution < 1.29 is 31.1 Å². The average Bonchev–Trinajstić information content (AvgIpc) is 2.67. The first-order valence-electron chi connectivity index (χ1n) is 9.12. The van der Waals surface area contributed by atoms with Gasteiger partial charge in [0.2, 0.25) is 10.0 Å². The van der Waals surface area contributed by atoms with Gasteiger partial charge in [-0.25, -0.2) is 13.2 Å². The lowest BCUT2D eigenvalue weighted by atomic mass is 10.0. The highest BCUT2D eigenvalue weighted by molar-refractivity contribution is 7.89. The van der Waals surface area contributed by atoms with E-state index < -0.39 is 33.6 Å². The zero-order valence-electron chi connectivity index (χ0n) is 16.0. The van der Waals surface area contributed by atoms with Gasteiger partial charge in [0, 0.05) is 31.6 Å². The van der Waals surface area contributed by atoms with Gasteiger partial charge in [0.25, 0.3) is 0 Å². The van der Waals surface area contributed by atoms with Gasteiger partial charge in [0.1, 0.15) is 4.90 Å². The quantitative estimate of drug-likeness (QED) is 0.647. The number of halogens is 4. The first kappa shape index (κ1) is 23.3. The fourth-order valence-electron chi connectivity index (χ4n) is 3.10. The summed E-state index contributed by atoms with van der Waals surface area (Å²) < 4.78 is 70.3. The predicted octanol–water partition coefficient (Wildman–Crippen LogP) is 4.05. The molecule has 31 heavy (non-hydrogen) atoms. The zero-order chi connectivity index (χ0) is 22.9. The molecule has 1 heterocycles. The fraction of sp³-hybridized carbons (Fsp3) is 0.316. The molecule has 0 bridgehead atoms. The van der Waals surface area contributed by atoms with E-state index in [1.54, 1.807) is 12.1 Å². The summed E-state index contributed by atoms with van der Waals surface area (Å²) in [6, 6.07) is 10.1. The third-order valence-corrected chi connectivity index (χ3v) is 7.15. The van der Waals surface area contributed by atoms with E-state index in [0.29, 0.717) is 0 Å². The second kappa shape index (κ2) is 8.65. The van der Waals surface area contributed by atoms with Crippen molar-refractivity contribution in [3.63, 3.8) is 0 Å². The lowest BCUT2D eigenvalue weighted by Crippen LogP contribution is -2.54. The van der Waals surface area contributed by atoms with Crippen LogP contribution in [0.2, 0.25) is 5.02 Å².